The van der Waals surface area contributed by atoms with E-state index in [9.17, 15) is 4.79 Å². The zero-order chi connectivity index (χ0) is 11.8. The van der Waals surface area contributed by atoms with Crippen LogP contribution < -0.4 is 10.6 Å². The molecular formula is C12H18N2O2. The molecule has 0 aliphatic rings. The molecule has 0 bridgehead atoms. The van der Waals surface area contributed by atoms with E-state index in [1.165, 1.54) is 12.1 Å². The molecule has 1 amide bonds. The van der Waals surface area contributed by atoms with Gasteiger partial charge in [0.2, 0.25) is 0 Å². The lowest BCUT2D eigenvalue weighted by atomic mass is 10.2. The number of benzene rings is 1. The third-order valence-corrected chi connectivity index (χ3v) is 2.20. The molecule has 88 valence electrons. The number of rotatable bonds is 6. The summed E-state index contributed by atoms with van der Waals surface area (Å²) in [6.45, 7) is 4.57. The monoisotopic (exact) mass is 222 g/mol. The average Bonchev–Trinajstić information content (AvgIpc) is 2.29. The van der Waals surface area contributed by atoms with Gasteiger partial charge in [0, 0.05) is 12.1 Å². The molecule has 0 spiro atoms. The van der Waals surface area contributed by atoms with Crippen molar-refractivity contribution in [3.63, 3.8) is 0 Å². The van der Waals surface area contributed by atoms with Crippen LogP contribution in [0.15, 0.2) is 24.3 Å². The molecular weight excluding hydrogens is 204 g/mol. The van der Waals surface area contributed by atoms with Gasteiger partial charge in [0.05, 0.1) is 0 Å². The van der Waals surface area contributed by atoms with Gasteiger partial charge in [-0.15, -0.1) is 0 Å². The lowest BCUT2D eigenvalue weighted by Crippen LogP contribution is -2.27. The van der Waals surface area contributed by atoms with Crippen molar-refractivity contribution in [3.05, 3.63) is 29.8 Å². The van der Waals surface area contributed by atoms with Crippen molar-refractivity contribution >= 4 is 5.91 Å². The Morgan fingerprint density at radius 1 is 1.25 bits per heavy atom. The van der Waals surface area contributed by atoms with Crippen molar-refractivity contribution in [3.8, 4) is 5.75 Å². The smallest absolute Gasteiger partial charge is 0.251 e. The topological polar surface area (TPSA) is 61.4 Å². The molecule has 0 saturated heterocycles. The molecule has 0 saturated carbocycles. The van der Waals surface area contributed by atoms with Crippen LogP contribution in [0.25, 0.3) is 0 Å². The number of amides is 1. The number of hydrogen-bond donors (Lipinski definition) is 3. The van der Waals surface area contributed by atoms with E-state index in [0.717, 1.165) is 19.5 Å². The zero-order valence-corrected chi connectivity index (χ0v) is 9.49. The Morgan fingerprint density at radius 2 is 1.94 bits per heavy atom. The van der Waals surface area contributed by atoms with E-state index >= 15 is 0 Å². The third-order valence-electron chi connectivity index (χ3n) is 2.20. The summed E-state index contributed by atoms with van der Waals surface area (Å²) in [4.78, 5) is 11.6. The van der Waals surface area contributed by atoms with Gasteiger partial charge >= 0.3 is 0 Å². The van der Waals surface area contributed by atoms with Crippen molar-refractivity contribution in [2.24, 2.45) is 0 Å². The maximum absolute atomic E-state index is 11.6. The second-order valence-corrected chi connectivity index (χ2v) is 3.51. The highest BCUT2D eigenvalue weighted by atomic mass is 16.3. The van der Waals surface area contributed by atoms with Gasteiger partial charge < -0.3 is 15.7 Å². The van der Waals surface area contributed by atoms with Crippen LogP contribution in [-0.2, 0) is 0 Å². The Labute approximate surface area is 95.7 Å². The molecule has 1 aromatic carbocycles. The Hall–Kier alpha value is -1.55. The van der Waals surface area contributed by atoms with Crippen LogP contribution in [0.3, 0.4) is 0 Å². The van der Waals surface area contributed by atoms with Crippen molar-refractivity contribution in [1.29, 1.82) is 0 Å². The maximum atomic E-state index is 11.6. The van der Waals surface area contributed by atoms with Crippen molar-refractivity contribution in [2.75, 3.05) is 19.6 Å². The van der Waals surface area contributed by atoms with Gasteiger partial charge in [-0.05, 0) is 43.8 Å². The molecule has 4 nitrogen and oxygen atoms in total. The summed E-state index contributed by atoms with van der Waals surface area (Å²) in [6.07, 6.45) is 0.914. The fraction of sp³-hybridized carbons (Fsp3) is 0.417. The first kappa shape index (κ1) is 12.5. The minimum absolute atomic E-state index is 0.100. The third kappa shape index (κ3) is 4.31. The fourth-order valence-electron chi connectivity index (χ4n) is 1.31. The van der Waals surface area contributed by atoms with E-state index in [1.54, 1.807) is 12.1 Å². The van der Waals surface area contributed by atoms with Crippen molar-refractivity contribution in [1.82, 2.24) is 10.6 Å². The predicted molar refractivity (Wildman–Crippen MR) is 63.6 cm³/mol. The number of phenols is 1. The first-order valence-electron chi connectivity index (χ1n) is 5.52. The number of nitrogens with one attached hydrogen (secondary N) is 2. The summed E-state index contributed by atoms with van der Waals surface area (Å²) in [7, 11) is 0. The highest BCUT2D eigenvalue weighted by Crippen LogP contribution is 2.09. The molecule has 0 aliphatic heterocycles. The van der Waals surface area contributed by atoms with E-state index in [1.807, 2.05) is 0 Å². The molecule has 3 N–H and O–H groups in total. The molecule has 16 heavy (non-hydrogen) atoms. The number of hydrogen-bond acceptors (Lipinski definition) is 3. The number of carbonyl (C=O) groups excluding carboxylic acids is 1. The normalized spacial score (nSPS) is 10.1. The van der Waals surface area contributed by atoms with Gasteiger partial charge in [-0.2, -0.15) is 0 Å². The minimum atomic E-state index is -0.100. The Kier molecular flexibility index (Phi) is 5.36. The summed E-state index contributed by atoms with van der Waals surface area (Å²) in [5.41, 5.74) is 0.571. The first-order chi connectivity index (χ1) is 7.74. The molecule has 0 heterocycles. The summed E-state index contributed by atoms with van der Waals surface area (Å²) in [5.74, 6) is 0.0696. The largest absolute Gasteiger partial charge is 0.508 e. The molecule has 0 radical (unpaired) electrons. The van der Waals surface area contributed by atoms with Crippen LogP contribution in [0.4, 0.5) is 0 Å². The number of phenolic OH excluding ortho intramolecular Hbond substituents is 1. The molecule has 0 fully saturated rings. The Morgan fingerprint density at radius 3 is 2.56 bits per heavy atom. The lowest BCUT2D eigenvalue weighted by Gasteiger charge is -2.05. The summed E-state index contributed by atoms with van der Waals surface area (Å²) < 4.78 is 0. The Balaban J connectivity index is 2.27. The SMILES string of the molecule is CCNCCCNC(=O)c1ccc(O)cc1. The van der Waals surface area contributed by atoms with E-state index < -0.39 is 0 Å². The van der Waals surface area contributed by atoms with Gasteiger partial charge in [0.15, 0.2) is 0 Å². The van der Waals surface area contributed by atoms with E-state index in [2.05, 4.69) is 17.6 Å². The minimum Gasteiger partial charge on any atom is -0.508 e. The van der Waals surface area contributed by atoms with Gasteiger partial charge in [0.25, 0.3) is 5.91 Å². The Bertz CT molecular complexity index is 322. The average molecular weight is 222 g/mol. The predicted octanol–water partition coefficient (Wildman–Crippen LogP) is 1.12. The summed E-state index contributed by atoms with van der Waals surface area (Å²) in [5, 5.41) is 15.1. The number of carbonyl (C=O) groups is 1. The van der Waals surface area contributed by atoms with Crippen LogP contribution in [0.1, 0.15) is 23.7 Å². The first-order valence-corrected chi connectivity index (χ1v) is 5.52. The summed E-state index contributed by atoms with van der Waals surface area (Å²) in [6, 6.07) is 6.23. The maximum Gasteiger partial charge on any atom is 0.251 e. The molecule has 0 unspecified atom stereocenters. The number of aromatic hydroxyl groups is 1. The van der Waals surface area contributed by atoms with Gasteiger partial charge in [-0.1, -0.05) is 6.92 Å². The quantitative estimate of drug-likeness (QED) is 0.632. The van der Waals surface area contributed by atoms with Crippen molar-refractivity contribution in [2.45, 2.75) is 13.3 Å². The van der Waals surface area contributed by atoms with Crippen LogP contribution in [0.2, 0.25) is 0 Å². The van der Waals surface area contributed by atoms with E-state index in [4.69, 9.17) is 5.11 Å². The molecule has 0 aliphatic carbocycles. The molecule has 4 heteroatoms. The van der Waals surface area contributed by atoms with Crippen LogP contribution >= 0.6 is 0 Å². The van der Waals surface area contributed by atoms with Crippen LogP contribution in [0.5, 0.6) is 5.75 Å². The second-order valence-electron chi connectivity index (χ2n) is 3.51. The van der Waals surface area contributed by atoms with Crippen LogP contribution in [0, 0.1) is 0 Å². The molecule has 1 aromatic rings. The molecule has 0 atom stereocenters. The highest BCUT2D eigenvalue weighted by Gasteiger charge is 2.03. The standard InChI is InChI=1S/C12H18N2O2/c1-2-13-8-3-9-14-12(16)10-4-6-11(15)7-5-10/h4-7,13,15H,2-3,8-9H2,1H3,(H,14,16). The second kappa shape index (κ2) is 6.85. The molecule has 0 aromatic heterocycles. The van der Waals surface area contributed by atoms with E-state index in [-0.39, 0.29) is 11.7 Å². The molecule has 1 rings (SSSR count). The van der Waals surface area contributed by atoms with E-state index in [0.29, 0.717) is 12.1 Å². The van der Waals surface area contributed by atoms with Gasteiger partial charge in [0.1, 0.15) is 5.75 Å². The van der Waals surface area contributed by atoms with Crippen molar-refractivity contribution < 1.29 is 9.90 Å². The van der Waals surface area contributed by atoms with Gasteiger partial charge in [-0.25, -0.2) is 0 Å². The van der Waals surface area contributed by atoms with Gasteiger partial charge in [-0.3, -0.25) is 4.79 Å². The van der Waals surface area contributed by atoms with Crippen LogP contribution in [-0.4, -0.2) is 30.6 Å². The fourth-order valence-corrected chi connectivity index (χ4v) is 1.31. The summed E-state index contributed by atoms with van der Waals surface area (Å²) >= 11 is 0. The highest BCUT2D eigenvalue weighted by molar-refractivity contribution is 5.94. The zero-order valence-electron chi connectivity index (χ0n) is 9.49. The lowest BCUT2D eigenvalue weighted by molar-refractivity contribution is 0.0953.